The van der Waals surface area contributed by atoms with Crippen LogP contribution in [0.15, 0.2) is 54.2 Å². The van der Waals surface area contributed by atoms with Gasteiger partial charge in [0, 0.05) is 42.8 Å². The number of hydrogen-bond acceptors (Lipinski definition) is 10. The first-order valence-corrected chi connectivity index (χ1v) is 14.9. The second kappa shape index (κ2) is 14.0. The minimum Gasteiger partial charge on any atom is -0.497 e. The molecule has 2 saturated heterocycles. The molecule has 0 N–H and O–H groups in total. The minimum absolute atomic E-state index is 0.0582. The van der Waals surface area contributed by atoms with Crippen molar-refractivity contribution in [2.75, 3.05) is 33.3 Å². The van der Waals surface area contributed by atoms with Crippen molar-refractivity contribution in [1.82, 2.24) is 14.9 Å². The quantitative estimate of drug-likeness (QED) is 0.231. The number of carbonyl (C=O) groups excluding carboxylic acids is 3. The molecule has 4 rings (SSSR count). The molecule has 230 valence electrons. The number of nitrogens with zero attached hydrogens (tertiary/aromatic N) is 4. The van der Waals surface area contributed by atoms with Gasteiger partial charge in [0.25, 0.3) is 5.69 Å². The van der Waals surface area contributed by atoms with Crippen molar-refractivity contribution in [3.63, 3.8) is 0 Å². The summed E-state index contributed by atoms with van der Waals surface area (Å²) in [6.07, 6.45) is -0.285. The molecule has 13 heteroatoms. The van der Waals surface area contributed by atoms with Crippen LogP contribution in [0.4, 0.5) is 10.5 Å². The van der Waals surface area contributed by atoms with E-state index in [0.29, 0.717) is 24.3 Å². The van der Waals surface area contributed by atoms with E-state index in [1.807, 2.05) is 51.0 Å². The molecule has 0 bridgehead atoms. The fourth-order valence-corrected chi connectivity index (χ4v) is 6.09. The Bertz CT molecular complexity index is 1360. The van der Waals surface area contributed by atoms with E-state index in [-0.39, 0.29) is 48.8 Å². The van der Waals surface area contributed by atoms with Crippen LogP contribution in [0.25, 0.3) is 0 Å². The second-order valence-electron chi connectivity index (χ2n) is 11.3. The van der Waals surface area contributed by atoms with Gasteiger partial charge in [-0.1, -0.05) is 12.1 Å². The number of piperazine rings is 1. The molecule has 0 spiro atoms. The third-order valence-corrected chi connectivity index (χ3v) is 8.26. The Labute approximate surface area is 254 Å². The van der Waals surface area contributed by atoms with E-state index in [1.54, 1.807) is 23.9 Å². The van der Waals surface area contributed by atoms with Gasteiger partial charge in [0.1, 0.15) is 30.0 Å². The normalized spacial score (nSPS) is 19.2. The lowest BCUT2D eigenvalue weighted by atomic mass is 10.1. The smallest absolute Gasteiger partial charge is 0.410 e. The summed E-state index contributed by atoms with van der Waals surface area (Å²) in [6.45, 7) is 6.57. The SMILES string of the molecule is COc1ccc(CS[C@H]2C[C@@H](C(=O)N3CCN(OC(C)(C)C)CC3=C=O)N(C(=O)OCc3ccc([N+](=O)[O-])cc3)C2)cc1. The average Bonchev–Trinajstić information content (AvgIpc) is 3.42. The molecular formula is C30H36N4O8S. The molecule has 2 heterocycles. The zero-order valence-electron chi connectivity index (χ0n) is 24.7. The topological polar surface area (TPSA) is 132 Å². The number of ether oxygens (including phenoxy) is 2. The number of likely N-dealkylation sites (tertiary alicyclic amines) is 1. The van der Waals surface area contributed by atoms with Gasteiger partial charge in [-0.25, -0.2) is 9.59 Å². The largest absolute Gasteiger partial charge is 0.497 e. The number of hydroxylamine groups is 2. The number of carbonyl (C=O) groups is 2. The molecule has 2 aromatic rings. The standard InChI is InChI=1S/C30H36N4O8S/c1-30(2,3)42-31-13-14-32(24(16-31)18-35)28(36)27-15-26(43-20-22-7-11-25(40-4)12-8-22)17-33(27)29(37)41-19-21-5-9-23(10-6-21)34(38)39/h5-12,26-27H,13-17,19-20H2,1-4H3/t26-,27-/m0/s1. The minimum atomic E-state index is -0.837. The van der Waals surface area contributed by atoms with Gasteiger partial charge < -0.3 is 14.4 Å². The summed E-state index contributed by atoms with van der Waals surface area (Å²) in [5.41, 5.74) is 1.27. The Hall–Kier alpha value is -3.90. The third-order valence-electron chi connectivity index (χ3n) is 6.95. The summed E-state index contributed by atoms with van der Waals surface area (Å²) in [7, 11) is 1.61. The van der Waals surface area contributed by atoms with Gasteiger partial charge in [0.05, 0.1) is 24.2 Å². The molecule has 0 radical (unpaired) electrons. The second-order valence-corrected chi connectivity index (χ2v) is 12.6. The van der Waals surface area contributed by atoms with Gasteiger partial charge in [0.2, 0.25) is 5.91 Å². The van der Waals surface area contributed by atoms with Crippen LogP contribution < -0.4 is 4.74 Å². The van der Waals surface area contributed by atoms with Crippen LogP contribution in [0.5, 0.6) is 5.75 Å². The number of nitro benzene ring substituents is 1. The summed E-state index contributed by atoms with van der Waals surface area (Å²) < 4.78 is 10.8. The molecule has 2 amide bonds. The first-order valence-electron chi connectivity index (χ1n) is 13.9. The molecule has 2 aliphatic heterocycles. The molecule has 0 aliphatic carbocycles. The molecule has 12 nitrogen and oxygen atoms in total. The number of benzene rings is 2. The predicted octanol–water partition coefficient (Wildman–Crippen LogP) is 4.21. The van der Waals surface area contributed by atoms with Crippen molar-refractivity contribution < 1.29 is 33.6 Å². The Balaban J connectivity index is 1.46. The molecule has 2 atom stereocenters. The van der Waals surface area contributed by atoms with E-state index in [1.165, 1.54) is 34.1 Å². The van der Waals surface area contributed by atoms with Gasteiger partial charge in [0.15, 0.2) is 0 Å². The number of thioether (sulfide) groups is 1. The van der Waals surface area contributed by atoms with E-state index in [9.17, 15) is 24.5 Å². The molecule has 2 aliphatic rings. The summed E-state index contributed by atoms with van der Waals surface area (Å²) in [5, 5.41) is 12.5. The van der Waals surface area contributed by atoms with Crippen molar-refractivity contribution in [3.8, 4) is 5.75 Å². The van der Waals surface area contributed by atoms with Crippen molar-refractivity contribution >= 4 is 35.4 Å². The van der Waals surface area contributed by atoms with Crippen LogP contribution in [-0.4, -0.2) is 87.9 Å². The summed E-state index contributed by atoms with van der Waals surface area (Å²) in [4.78, 5) is 58.3. The van der Waals surface area contributed by atoms with Crippen molar-refractivity contribution in [3.05, 3.63) is 75.5 Å². The number of hydrogen-bond donors (Lipinski definition) is 0. The van der Waals surface area contributed by atoms with E-state index >= 15 is 0 Å². The maximum absolute atomic E-state index is 13.9. The lowest BCUT2D eigenvalue weighted by Crippen LogP contribution is -2.54. The molecule has 43 heavy (non-hydrogen) atoms. The van der Waals surface area contributed by atoms with E-state index < -0.39 is 22.7 Å². The lowest BCUT2D eigenvalue weighted by molar-refractivity contribution is -0.384. The fraction of sp³-hybridized carbons (Fsp3) is 0.467. The number of amides is 2. The molecule has 2 fully saturated rings. The van der Waals surface area contributed by atoms with Gasteiger partial charge in [-0.2, -0.15) is 16.8 Å². The maximum atomic E-state index is 13.9. The summed E-state index contributed by atoms with van der Waals surface area (Å²) in [6, 6.07) is 12.6. The third kappa shape index (κ3) is 8.57. The highest BCUT2D eigenvalue weighted by Gasteiger charge is 2.44. The van der Waals surface area contributed by atoms with Crippen LogP contribution in [-0.2, 0) is 31.5 Å². The van der Waals surface area contributed by atoms with Crippen LogP contribution in [0, 0.1) is 10.1 Å². The summed E-state index contributed by atoms with van der Waals surface area (Å²) >= 11 is 1.63. The number of nitro groups is 1. The Morgan fingerprint density at radius 1 is 1.07 bits per heavy atom. The number of rotatable bonds is 9. The van der Waals surface area contributed by atoms with Crippen LogP contribution in [0.2, 0.25) is 0 Å². The van der Waals surface area contributed by atoms with Gasteiger partial charge in [-0.15, -0.1) is 0 Å². The Kier molecular flexibility index (Phi) is 10.5. The van der Waals surface area contributed by atoms with E-state index in [2.05, 4.69) is 0 Å². The fourth-order valence-electron chi connectivity index (χ4n) is 4.89. The Morgan fingerprint density at radius 2 is 1.74 bits per heavy atom. The van der Waals surface area contributed by atoms with Crippen LogP contribution in [0.3, 0.4) is 0 Å². The van der Waals surface area contributed by atoms with Gasteiger partial charge >= 0.3 is 6.09 Å². The zero-order valence-corrected chi connectivity index (χ0v) is 25.5. The van der Waals surface area contributed by atoms with Gasteiger partial charge in [-0.3, -0.25) is 24.6 Å². The molecule has 0 saturated carbocycles. The monoisotopic (exact) mass is 612 g/mol. The highest BCUT2D eigenvalue weighted by molar-refractivity contribution is 7.99. The molecular weight excluding hydrogens is 576 g/mol. The maximum Gasteiger partial charge on any atom is 0.410 e. The summed E-state index contributed by atoms with van der Waals surface area (Å²) in [5.74, 6) is 2.96. The molecule has 2 aromatic carbocycles. The first-order chi connectivity index (χ1) is 20.5. The number of non-ortho nitro benzene ring substituents is 1. The predicted molar refractivity (Wildman–Crippen MR) is 160 cm³/mol. The van der Waals surface area contributed by atoms with E-state index in [0.717, 1.165) is 11.3 Å². The molecule has 0 unspecified atom stereocenters. The van der Waals surface area contributed by atoms with Crippen molar-refractivity contribution in [2.45, 2.75) is 56.4 Å². The van der Waals surface area contributed by atoms with Crippen LogP contribution in [0.1, 0.15) is 38.3 Å². The number of methoxy groups -OCH3 is 1. The zero-order chi connectivity index (χ0) is 31.1. The van der Waals surface area contributed by atoms with Crippen LogP contribution >= 0.6 is 11.8 Å². The highest BCUT2D eigenvalue weighted by atomic mass is 32.2. The Morgan fingerprint density at radius 3 is 2.35 bits per heavy atom. The first kappa shape index (κ1) is 32.0. The van der Waals surface area contributed by atoms with Crippen molar-refractivity contribution in [2.24, 2.45) is 0 Å². The molecule has 0 aromatic heterocycles. The average molecular weight is 613 g/mol. The van der Waals surface area contributed by atoms with Gasteiger partial charge in [-0.05, 0) is 62.6 Å². The highest BCUT2D eigenvalue weighted by Crippen LogP contribution is 2.33. The lowest BCUT2D eigenvalue weighted by Gasteiger charge is -2.38. The van der Waals surface area contributed by atoms with E-state index in [4.69, 9.17) is 14.3 Å². The van der Waals surface area contributed by atoms with Crippen molar-refractivity contribution in [1.29, 1.82) is 0 Å².